The third-order valence-electron chi connectivity index (χ3n) is 5.91. The lowest BCUT2D eigenvalue weighted by molar-refractivity contribution is 0.102. The smallest absolute Gasteiger partial charge is 0.261 e. The average molecular weight is 584 g/mol. The van der Waals surface area contributed by atoms with Gasteiger partial charge in [-0.25, -0.2) is 17.8 Å². The molecular formula is C28H27ClFN5O4S. The largest absolute Gasteiger partial charge is 0.497 e. The molecule has 1 amide bonds. The van der Waals surface area contributed by atoms with Crippen LogP contribution < -0.4 is 20.7 Å². The zero-order valence-electron chi connectivity index (χ0n) is 21.9. The third-order valence-corrected chi connectivity index (χ3v) is 8.44. The SMILES string of the molecule is COc1ccc(CNc2ncc(C(=O)Nc3c(F)cccc3Cl)c(Nc3ccccc3S(=O)(=O)C(C)C)n2)cc1. The molecule has 0 saturated carbocycles. The highest BCUT2D eigenvalue weighted by Crippen LogP contribution is 2.30. The molecule has 0 aliphatic heterocycles. The lowest BCUT2D eigenvalue weighted by Gasteiger charge is -2.17. The van der Waals surface area contributed by atoms with Gasteiger partial charge >= 0.3 is 0 Å². The zero-order valence-corrected chi connectivity index (χ0v) is 23.5. The number of ether oxygens (including phenoxy) is 1. The quantitative estimate of drug-likeness (QED) is 0.206. The fourth-order valence-corrected chi connectivity index (χ4v) is 5.06. The monoisotopic (exact) mass is 583 g/mol. The number of para-hydroxylation sites is 2. The van der Waals surface area contributed by atoms with Gasteiger partial charge in [0.15, 0.2) is 9.84 Å². The van der Waals surface area contributed by atoms with E-state index < -0.39 is 26.8 Å². The summed E-state index contributed by atoms with van der Waals surface area (Å²) in [4.78, 5) is 22.0. The second kappa shape index (κ2) is 12.3. The van der Waals surface area contributed by atoms with Crippen molar-refractivity contribution in [2.24, 2.45) is 0 Å². The van der Waals surface area contributed by atoms with Crippen molar-refractivity contribution < 1.29 is 22.3 Å². The van der Waals surface area contributed by atoms with Gasteiger partial charge in [0.25, 0.3) is 5.91 Å². The van der Waals surface area contributed by atoms with Gasteiger partial charge in [-0.2, -0.15) is 4.98 Å². The van der Waals surface area contributed by atoms with Crippen molar-refractivity contribution in [3.63, 3.8) is 0 Å². The van der Waals surface area contributed by atoms with Crippen LogP contribution in [0.25, 0.3) is 0 Å². The number of carbonyl (C=O) groups is 1. The van der Waals surface area contributed by atoms with E-state index in [-0.39, 0.29) is 38.6 Å². The highest BCUT2D eigenvalue weighted by Gasteiger charge is 2.24. The summed E-state index contributed by atoms with van der Waals surface area (Å²) >= 11 is 6.09. The predicted octanol–water partition coefficient (Wildman–Crippen LogP) is 6.07. The Labute approximate surface area is 236 Å². The number of hydrogen-bond acceptors (Lipinski definition) is 8. The van der Waals surface area contributed by atoms with E-state index in [9.17, 15) is 17.6 Å². The summed E-state index contributed by atoms with van der Waals surface area (Å²) in [7, 11) is -2.10. The van der Waals surface area contributed by atoms with E-state index >= 15 is 0 Å². The zero-order chi connectivity index (χ0) is 28.9. The van der Waals surface area contributed by atoms with E-state index in [1.807, 2.05) is 24.3 Å². The van der Waals surface area contributed by atoms with Crippen LogP contribution in [-0.4, -0.2) is 36.7 Å². The Morgan fingerprint density at radius 2 is 1.77 bits per heavy atom. The second-order valence-electron chi connectivity index (χ2n) is 8.92. The minimum Gasteiger partial charge on any atom is -0.497 e. The number of amides is 1. The van der Waals surface area contributed by atoms with E-state index in [1.165, 1.54) is 24.4 Å². The molecule has 40 heavy (non-hydrogen) atoms. The molecule has 9 nitrogen and oxygen atoms in total. The fraction of sp³-hybridized carbons (Fsp3) is 0.179. The van der Waals surface area contributed by atoms with E-state index in [0.29, 0.717) is 12.3 Å². The summed E-state index contributed by atoms with van der Waals surface area (Å²) in [5.74, 6) is -0.582. The minimum atomic E-state index is -3.68. The molecule has 3 aromatic carbocycles. The second-order valence-corrected chi connectivity index (χ2v) is 11.8. The van der Waals surface area contributed by atoms with Crippen LogP contribution in [0.5, 0.6) is 5.75 Å². The minimum absolute atomic E-state index is 0.00333. The molecule has 1 aromatic heterocycles. The van der Waals surface area contributed by atoms with Crippen molar-refractivity contribution in [1.82, 2.24) is 9.97 Å². The van der Waals surface area contributed by atoms with Crippen molar-refractivity contribution in [2.75, 3.05) is 23.1 Å². The first-order chi connectivity index (χ1) is 19.1. The van der Waals surface area contributed by atoms with E-state index in [2.05, 4.69) is 25.9 Å². The van der Waals surface area contributed by atoms with Crippen LogP contribution >= 0.6 is 11.6 Å². The number of methoxy groups -OCH3 is 1. The van der Waals surface area contributed by atoms with Gasteiger partial charge < -0.3 is 20.7 Å². The first-order valence-corrected chi connectivity index (χ1v) is 14.1. The standard InChI is InChI=1S/C28H27ClFN5O4S/c1-17(2)40(37,38)24-10-5-4-9-23(24)33-26-20(27(36)34-25-21(29)7-6-8-22(25)30)16-32-28(35-26)31-15-18-11-13-19(39-3)14-12-18/h4-14,16-17H,15H2,1-3H3,(H,34,36)(H2,31,32,33,35). The Hall–Kier alpha value is -4.22. The van der Waals surface area contributed by atoms with Crippen molar-refractivity contribution in [3.05, 3.63) is 94.9 Å². The van der Waals surface area contributed by atoms with Crippen LogP contribution in [0.4, 0.5) is 27.5 Å². The Morgan fingerprint density at radius 1 is 1.05 bits per heavy atom. The summed E-state index contributed by atoms with van der Waals surface area (Å²) in [6.45, 7) is 3.52. The molecule has 4 rings (SSSR count). The number of benzene rings is 3. The summed E-state index contributed by atoms with van der Waals surface area (Å²) in [6.07, 6.45) is 1.26. The molecule has 3 N–H and O–H groups in total. The first-order valence-electron chi connectivity index (χ1n) is 12.2. The number of rotatable bonds is 10. The molecule has 0 atom stereocenters. The molecule has 0 bridgehead atoms. The summed E-state index contributed by atoms with van der Waals surface area (Å²) in [5, 5.41) is 7.84. The van der Waals surface area contributed by atoms with Gasteiger partial charge in [0.2, 0.25) is 5.95 Å². The van der Waals surface area contributed by atoms with Crippen molar-refractivity contribution in [3.8, 4) is 5.75 Å². The van der Waals surface area contributed by atoms with Gasteiger partial charge in [0.1, 0.15) is 22.9 Å². The van der Waals surface area contributed by atoms with E-state index in [1.54, 1.807) is 39.2 Å². The number of hydrogen-bond donors (Lipinski definition) is 3. The number of anilines is 4. The first kappa shape index (κ1) is 28.8. The Balaban J connectivity index is 1.70. The molecule has 0 aliphatic carbocycles. The van der Waals surface area contributed by atoms with Crippen LogP contribution in [0.1, 0.15) is 29.8 Å². The number of halogens is 2. The van der Waals surface area contributed by atoms with E-state index in [0.717, 1.165) is 11.6 Å². The maximum atomic E-state index is 14.4. The van der Waals surface area contributed by atoms with Crippen LogP contribution in [0.3, 0.4) is 0 Å². The Morgan fingerprint density at radius 3 is 2.45 bits per heavy atom. The van der Waals surface area contributed by atoms with Crippen molar-refractivity contribution in [1.29, 1.82) is 0 Å². The van der Waals surface area contributed by atoms with Crippen molar-refractivity contribution in [2.45, 2.75) is 30.5 Å². The molecule has 0 unspecified atom stereocenters. The Kier molecular flexibility index (Phi) is 8.86. The lowest BCUT2D eigenvalue weighted by Crippen LogP contribution is -2.19. The fourth-order valence-electron chi connectivity index (χ4n) is 3.65. The van der Waals surface area contributed by atoms with Gasteiger partial charge in [-0.05, 0) is 55.8 Å². The molecule has 1 heterocycles. The maximum Gasteiger partial charge on any atom is 0.261 e. The molecule has 12 heteroatoms. The Bertz CT molecular complexity index is 1610. The maximum absolute atomic E-state index is 14.4. The van der Waals surface area contributed by atoms with Crippen LogP contribution in [0.15, 0.2) is 77.8 Å². The molecule has 0 saturated heterocycles. The van der Waals surface area contributed by atoms with Gasteiger partial charge in [-0.1, -0.05) is 41.9 Å². The van der Waals surface area contributed by atoms with Gasteiger partial charge in [-0.3, -0.25) is 4.79 Å². The van der Waals surface area contributed by atoms with Crippen LogP contribution in [0, 0.1) is 5.82 Å². The number of aromatic nitrogens is 2. The molecule has 0 radical (unpaired) electrons. The molecular weight excluding hydrogens is 557 g/mol. The lowest BCUT2D eigenvalue weighted by atomic mass is 10.2. The summed E-state index contributed by atoms with van der Waals surface area (Å²) < 4.78 is 45.6. The molecule has 208 valence electrons. The third kappa shape index (κ3) is 6.49. The number of nitrogens with zero attached hydrogens (tertiary/aromatic N) is 2. The molecule has 0 fully saturated rings. The molecule has 4 aromatic rings. The normalized spacial score (nSPS) is 11.2. The molecule has 0 spiro atoms. The topological polar surface area (TPSA) is 122 Å². The molecule has 0 aliphatic rings. The average Bonchev–Trinajstić information content (AvgIpc) is 2.94. The van der Waals surface area contributed by atoms with Gasteiger partial charge in [-0.15, -0.1) is 0 Å². The predicted molar refractivity (Wildman–Crippen MR) is 154 cm³/mol. The van der Waals surface area contributed by atoms with Crippen molar-refractivity contribution >= 4 is 50.5 Å². The van der Waals surface area contributed by atoms with E-state index in [4.69, 9.17) is 16.3 Å². The van der Waals surface area contributed by atoms with Crippen LogP contribution in [-0.2, 0) is 16.4 Å². The number of carbonyl (C=O) groups excluding carboxylic acids is 1. The number of nitrogens with one attached hydrogen (secondary N) is 3. The highest BCUT2D eigenvalue weighted by molar-refractivity contribution is 7.92. The highest BCUT2D eigenvalue weighted by atomic mass is 35.5. The van der Waals surface area contributed by atoms with Crippen LogP contribution in [0.2, 0.25) is 5.02 Å². The number of sulfone groups is 1. The summed E-state index contributed by atoms with van der Waals surface area (Å²) in [6, 6.07) is 17.7. The van der Waals surface area contributed by atoms with Gasteiger partial charge in [0, 0.05) is 12.7 Å². The summed E-state index contributed by atoms with van der Waals surface area (Å²) in [5.41, 5.74) is 0.868. The van der Waals surface area contributed by atoms with Gasteiger partial charge in [0.05, 0.1) is 33.7 Å².